The van der Waals surface area contributed by atoms with Gasteiger partial charge in [-0.1, -0.05) is 17.7 Å². The average molecular weight is 284 g/mol. The highest BCUT2D eigenvalue weighted by molar-refractivity contribution is 5.69. The van der Waals surface area contributed by atoms with Gasteiger partial charge in [-0.05, 0) is 38.8 Å². The average Bonchev–Trinajstić information content (AvgIpc) is 2.99. The molecule has 1 aliphatic rings. The molecule has 5 nitrogen and oxygen atoms in total. The third-order valence-electron chi connectivity index (χ3n) is 3.64. The van der Waals surface area contributed by atoms with Crippen LogP contribution in [0, 0.1) is 13.8 Å². The summed E-state index contributed by atoms with van der Waals surface area (Å²) in [7, 11) is 0. The number of ether oxygens (including phenoxy) is 1. The molecule has 0 atom stereocenters. The smallest absolute Gasteiger partial charge is 0.248 e. The zero-order valence-corrected chi connectivity index (χ0v) is 12.5. The molecule has 1 aromatic heterocycles. The molecule has 5 heteroatoms. The summed E-state index contributed by atoms with van der Waals surface area (Å²) in [5.74, 6) is 2.64. The minimum atomic E-state index is 0.438. The highest BCUT2D eigenvalue weighted by atomic mass is 16.5. The summed E-state index contributed by atoms with van der Waals surface area (Å²) >= 11 is 0. The quantitative estimate of drug-likeness (QED) is 0.938. The minimum Gasteiger partial charge on any atom is -0.437 e. The number of nitrogen functional groups attached to an aromatic ring is 1. The summed E-state index contributed by atoms with van der Waals surface area (Å²) in [5, 5.41) is 0. The summed E-state index contributed by atoms with van der Waals surface area (Å²) in [6, 6.07) is 7.84. The van der Waals surface area contributed by atoms with E-state index in [1.807, 2.05) is 38.1 Å². The molecule has 0 amide bonds. The molecule has 1 saturated heterocycles. The molecule has 0 aliphatic carbocycles. The van der Waals surface area contributed by atoms with E-state index < -0.39 is 0 Å². The SMILES string of the molecule is Cc1ccc(Oc2nc(C)nc(N3CCCC3)c2N)cc1. The molecule has 21 heavy (non-hydrogen) atoms. The Hall–Kier alpha value is -2.30. The van der Waals surface area contributed by atoms with Crippen molar-refractivity contribution >= 4 is 11.5 Å². The van der Waals surface area contributed by atoms with Crippen LogP contribution in [0.15, 0.2) is 24.3 Å². The largest absolute Gasteiger partial charge is 0.437 e. The summed E-state index contributed by atoms with van der Waals surface area (Å²) in [4.78, 5) is 11.0. The molecule has 2 N–H and O–H groups in total. The van der Waals surface area contributed by atoms with Crippen LogP contribution < -0.4 is 15.4 Å². The number of nitrogens with two attached hydrogens (primary N) is 1. The number of benzene rings is 1. The zero-order chi connectivity index (χ0) is 14.8. The molecule has 1 fully saturated rings. The molecular weight excluding hydrogens is 264 g/mol. The van der Waals surface area contributed by atoms with E-state index in [0.29, 0.717) is 17.4 Å². The van der Waals surface area contributed by atoms with Gasteiger partial charge in [-0.3, -0.25) is 0 Å². The Labute approximate surface area is 124 Å². The van der Waals surface area contributed by atoms with Crippen molar-refractivity contribution in [3.8, 4) is 11.6 Å². The molecule has 0 saturated carbocycles. The molecule has 1 aliphatic heterocycles. The maximum absolute atomic E-state index is 6.22. The Morgan fingerprint density at radius 2 is 1.71 bits per heavy atom. The van der Waals surface area contributed by atoms with Crippen LogP contribution in [-0.4, -0.2) is 23.1 Å². The van der Waals surface area contributed by atoms with E-state index in [4.69, 9.17) is 10.5 Å². The molecule has 0 spiro atoms. The molecule has 0 bridgehead atoms. The lowest BCUT2D eigenvalue weighted by Crippen LogP contribution is -2.21. The van der Waals surface area contributed by atoms with E-state index in [1.54, 1.807) is 0 Å². The second-order valence-electron chi connectivity index (χ2n) is 5.42. The molecule has 1 aromatic carbocycles. The second kappa shape index (κ2) is 5.60. The van der Waals surface area contributed by atoms with Crippen LogP contribution in [0.1, 0.15) is 24.2 Å². The highest BCUT2D eigenvalue weighted by Gasteiger charge is 2.20. The Balaban J connectivity index is 1.92. The fraction of sp³-hybridized carbons (Fsp3) is 0.375. The standard InChI is InChI=1S/C16H20N4O/c1-11-5-7-13(8-6-11)21-16-14(17)15(18-12(2)19-16)20-9-3-4-10-20/h5-8H,3-4,9-10,17H2,1-2H3. The van der Waals surface area contributed by atoms with Gasteiger partial charge in [0.1, 0.15) is 17.3 Å². The molecule has 2 aromatic rings. The summed E-state index contributed by atoms with van der Waals surface area (Å²) in [6.45, 7) is 5.88. The Morgan fingerprint density at radius 1 is 1.05 bits per heavy atom. The monoisotopic (exact) mass is 284 g/mol. The van der Waals surface area contributed by atoms with Crippen molar-refractivity contribution in [3.63, 3.8) is 0 Å². The Morgan fingerprint density at radius 3 is 2.38 bits per heavy atom. The Bertz CT molecular complexity index is 633. The minimum absolute atomic E-state index is 0.438. The second-order valence-corrected chi connectivity index (χ2v) is 5.42. The summed E-state index contributed by atoms with van der Waals surface area (Å²) < 4.78 is 5.84. The molecule has 3 rings (SSSR count). The maximum atomic E-state index is 6.22. The van der Waals surface area contributed by atoms with Crippen molar-refractivity contribution in [2.45, 2.75) is 26.7 Å². The third kappa shape index (κ3) is 2.91. The van der Waals surface area contributed by atoms with Gasteiger partial charge in [0.2, 0.25) is 5.88 Å². The number of aromatic nitrogens is 2. The fourth-order valence-corrected chi connectivity index (χ4v) is 2.51. The maximum Gasteiger partial charge on any atom is 0.248 e. The van der Waals surface area contributed by atoms with Crippen molar-refractivity contribution in [3.05, 3.63) is 35.7 Å². The van der Waals surface area contributed by atoms with E-state index in [1.165, 1.54) is 18.4 Å². The van der Waals surface area contributed by atoms with Crippen LogP contribution in [0.2, 0.25) is 0 Å². The van der Waals surface area contributed by atoms with Gasteiger partial charge in [-0.15, -0.1) is 0 Å². The molecule has 2 heterocycles. The van der Waals surface area contributed by atoms with E-state index in [0.717, 1.165) is 24.7 Å². The van der Waals surface area contributed by atoms with Crippen LogP contribution in [0.5, 0.6) is 11.6 Å². The van der Waals surface area contributed by atoms with Crippen molar-refractivity contribution in [2.75, 3.05) is 23.7 Å². The topological polar surface area (TPSA) is 64.3 Å². The highest BCUT2D eigenvalue weighted by Crippen LogP contribution is 2.33. The number of rotatable bonds is 3. The molecule has 0 radical (unpaired) electrons. The van der Waals surface area contributed by atoms with Gasteiger partial charge in [-0.25, -0.2) is 4.98 Å². The van der Waals surface area contributed by atoms with Crippen LogP contribution in [0.25, 0.3) is 0 Å². The Kier molecular flexibility index (Phi) is 3.64. The molecule has 110 valence electrons. The van der Waals surface area contributed by atoms with Crippen LogP contribution in [-0.2, 0) is 0 Å². The van der Waals surface area contributed by atoms with E-state index in [2.05, 4.69) is 14.9 Å². The van der Waals surface area contributed by atoms with Crippen LogP contribution in [0.3, 0.4) is 0 Å². The first kappa shape index (κ1) is 13.7. The third-order valence-corrected chi connectivity index (χ3v) is 3.64. The number of nitrogens with zero attached hydrogens (tertiary/aromatic N) is 3. The number of hydrogen-bond donors (Lipinski definition) is 1. The van der Waals surface area contributed by atoms with E-state index in [9.17, 15) is 0 Å². The van der Waals surface area contributed by atoms with Gasteiger partial charge in [0.15, 0.2) is 5.82 Å². The number of anilines is 2. The van der Waals surface area contributed by atoms with Gasteiger partial charge < -0.3 is 15.4 Å². The normalized spacial score (nSPS) is 14.5. The van der Waals surface area contributed by atoms with Gasteiger partial charge in [0, 0.05) is 13.1 Å². The van der Waals surface area contributed by atoms with Crippen LogP contribution >= 0.6 is 0 Å². The molecular formula is C16H20N4O. The van der Waals surface area contributed by atoms with Crippen molar-refractivity contribution in [1.29, 1.82) is 0 Å². The van der Waals surface area contributed by atoms with Gasteiger partial charge in [0.25, 0.3) is 0 Å². The molecule has 0 unspecified atom stereocenters. The zero-order valence-electron chi connectivity index (χ0n) is 12.5. The lowest BCUT2D eigenvalue weighted by atomic mass is 10.2. The summed E-state index contributed by atoms with van der Waals surface area (Å²) in [5.41, 5.74) is 7.92. The predicted molar refractivity (Wildman–Crippen MR) is 83.9 cm³/mol. The fourth-order valence-electron chi connectivity index (χ4n) is 2.51. The lowest BCUT2D eigenvalue weighted by Gasteiger charge is -2.20. The first-order chi connectivity index (χ1) is 10.1. The first-order valence-electron chi connectivity index (χ1n) is 7.27. The van der Waals surface area contributed by atoms with E-state index >= 15 is 0 Å². The van der Waals surface area contributed by atoms with Gasteiger partial charge in [-0.2, -0.15) is 4.98 Å². The van der Waals surface area contributed by atoms with Crippen LogP contribution in [0.4, 0.5) is 11.5 Å². The van der Waals surface area contributed by atoms with Crippen molar-refractivity contribution in [1.82, 2.24) is 9.97 Å². The number of hydrogen-bond acceptors (Lipinski definition) is 5. The van der Waals surface area contributed by atoms with Gasteiger partial charge >= 0.3 is 0 Å². The first-order valence-corrected chi connectivity index (χ1v) is 7.27. The predicted octanol–water partition coefficient (Wildman–Crippen LogP) is 3.07. The van der Waals surface area contributed by atoms with Gasteiger partial charge in [0.05, 0.1) is 0 Å². The lowest BCUT2D eigenvalue weighted by molar-refractivity contribution is 0.462. The van der Waals surface area contributed by atoms with Crippen molar-refractivity contribution in [2.24, 2.45) is 0 Å². The van der Waals surface area contributed by atoms with Crippen molar-refractivity contribution < 1.29 is 4.74 Å². The summed E-state index contributed by atoms with van der Waals surface area (Å²) in [6.07, 6.45) is 2.35. The number of aryl methyl sites for hydroxylation is 2. The van der Waals surface area contributed by atoms with E-state index in [-0.39, 0.29) is 0 Å².